The van der Waals surface area contributed by atoms with Crippen molar-refractivity contribution in [2.45, 2.75) is 39.7 Å². The molecule has 0 radical (unpaired) electrons. The standard InChI is InChI=1S/C16H24N2O3/c1-16(2,3)10-12(17)9-14(19)18-13-7-5-6-11(8-13)15(20)21-4/h5-8,12H,9-10,17H2,1-4H3,(H,18,19). The molecule has 5 heteroatoms. The number of carbonyl (C=O) groups is 2. The molecule has 1 aromatic carbocycles. The summed E-state index contributed by atoms with van der Waals surface area (Å²) in [5.41, 5.74) is 7.03. The highest BCUT2D eigenvalue weighted by Gasteiger charge is 2.18. The predicted molar refractivity (Wildman–Crippen MR) is 83.1 cm³/mol. The molecule has 0 saturated heterocycles. The van der Waals surface area contributed by atoms with Crippen LogP contribution in [-0.4, -0.2) is 25.0 Å². The smallest absolute Gasteiger partial charge is 0.337 e. The van der Waals surface area contributed by atoms with E-state index < -0.39 is 5.97 Å². The Balaban J connectivity index is 2.61. The molecule has 3 N–H and O–H groups in total. The van der Waals surface area contributed by atoms with Crippen molar-refractivity contribution in [3.63, 3.8) is 0 Å². The van der Waals surface area contributed by atoms with Gasteiger partial charge in [-0.2, -0.15) is 0 Å². The fourth-order valence-electron chi connectivity index (χ4n) is 2.15. The Bertz CT molecular complexity index is 506. The van der Waals surface area contributed by atoms with Gasteiger partial charge in [0.15, 0.2) is 0 Å². The Kier molecular flexibility index (Phi) is 5.90. The van der Waals surface area contributed by atoms with Crippen LogP contribution >= 0.6 is 0 Å². The number of hydrogen-bond donors (Lipinski definition) is 2. The molecule has 0 aliphatic carbocycles. The predicted octanol–water partition coefficient (Wildman–Crippen LogP) is 2.57. The molecule has 1 amide bonds. The second-order valence-corrected chi connectivity index (χ2v) is 6.35. The number of carbonyl (C=O) groups excluding carboxylic acids is 2. The normalized spacial score (nSPS) is 12.6. The van der Waals surface area contributed by atoms with Gasteiger partial charge in [-0.25, -0.2) is 4.79 Å². The van der Waals surface area contributed by atoms with Crippen LogP contribution in [0.2, 0.25) is 0 Å². The van der Waals surface area contributed by atoms with Crippen LogP contribution < -0.4 is 11.1 Å². The first kappa shape index (κ1) is 17.2. The van der Waals surface area contributed by atoms with Crippen molar-refractivity contribution in [3.05, 3.63) is 29.8 Å². The van der Waals surface area contributed by atoms with Gasteiger partial charge in [-0.3, -0.25) is 4.79 Å². The number of benzene rings is 1. The van der Waals surface area contributed by atoms with Crippen molar-refractivity contribution in [1.82, 2.24) is 0 Å². The topological polar surface area (TPSA) is 81.4 Å². The lowest BCUT2D eigenvalue weighted by Gasteiger charge is -2.22. The van der Waals surface area contributed by atoms with Gasteiger partial charge >= 0.3 is 5.97 Å². The van der Waals surface area contributed by atoms with E-state index in [1.165, 1.54) is 7.11 Å². The first-order valence-corrected chi connectivity index (χ1v) is 6.95. The Morgan fingerprint density at radius 3 is 2.57 bits per heavy atom. The van der Waals surface area contributed by atoms with Crippen LogP contribution in [0.3, 0.4) is 0 Å². The minimum Gasteiger partial charge on any atom is -0.465 e. The molecule has 0 saturated carbocycles. The van der Waals surface area contributed by atoms with E-state index in [-0.39, 0.29) is 23.8 Å². The highest BCUT2D eigenvalue weighted by Crippen LogP contribution is 2.21. The minimum atomic E-state index is -0.435. The van der Waals surface area contributed by atoms with Gasteiger partial charge in [-0.05, 0) is 30.0 Å². The fourth-order valence-corrected chi connectivity index (χ4v) is 2.15. The molecule has 0 aliphatic rings. The summed E-state index contributed by atoms with van der Waals surface area (Å²) in [5, 5.41) is 2.75. The van der Waals surface area contributed by atoms with Crippen LogP contribution in [0.4, 0.5) is 5.69 Å². The van der Waals surface area contributed by atoms with Gasteiger partial charge in [0.1, 0.15) is 0 Å². The molecule has 5 nitrogen and oxygen atoms in total. The zero-order valence-electron chi connectivity index (χ0n) is 13.1. The van der Waals surface area contributed by atoms with Crippen molar-refractivity contribution >= 4 is 17.6 Å². The summed E-state index contributed by atoms with van der Waals surface area (Å²) < 4.78 is 4.64. The number of amides is 1. The Labute approximate surface area is 125 Å². The maximum atomic E-state index is 12.0. The van der Waals surface area contributed by atoms with E-state index in [0.717, 1.165) is 6.42 Å². The average molecular weight is 292 g/mol. The van der Waals surface area contributed by atoms with Crippen LogP contribution in [0, 0.1) is 5.41 Å². The molecular weight excluding hydrogens is 268 g/mol. The second-order valence-electron chi connectivity index (χ2n) is 6.35. The van der Waals surface area contributed by atoms with Crippen molar-refractivity contribution in [2.75, 3.05) is 12.4 Å². The third-order valence-corrected chi connectivity index (χ3v) is 2.89. The quantitative estimate of drug-likeness (QED) is 0.817. The molecule has 1 unspecified atom stereocenters. The third-order valence-electron chi connectivity index (χ3n) is 2.89. The van der Waals surface area contributed by atoms with Crippen molar-refractivity contribution in [1.29, 1.82) is 0 Å². The number of esters is 1. The van der Waals surface area contributed by atoms with Crippen molar-refractivity contribution in [2.24, 2.45) is 11.1 Å². The Morgan fingerprint density at radius 2 is 2.00 bits per heavy atom. The lowest BCUT2D eigenvalue weighted by molar-refractivity contribution is -0.116. The molecule has 0 spiro atoms. The number of methoxy groups -OCH3 is 1. The van der Waals surface area contributed by atoms with Crippen molar-refractivity contribution in [3.8, 4) is 0 Å². The maximum absolute atomic E-state index is 12.0. The molecule has 1 rings (SSSR count). The summed E-state index contributed by atoms with van der Waals surface area (Å²) in [4.78, 5) is 23.4. The van der Waals surface area contributed by atoms with Gasteiger partial charge in [-0.15, -0.1) is 0 Å². The molecule has 1 aromatic rings. The number of nitrogens with two attached hydrogens (primary N) is 1. The summed E-state index contributed by atoms with van der Waals surface area (Å²) in [6, 6.07) is 6.44. The number of ether oxygens (including phenoxy) is 1. The summed E-state index contributed by atoms with van der Waals surface area (Å²) in [5.74, 6) is -0.593. The van der Waals surface area contributed by atoms with Gasteiger partial charge in [0.05, 0.1) is 12.7 Å². The molecule has 0 aromatic heterocycles. The maximum Gasteiger partial charge on any atom is 0.337 e. The van der Waals surface area contributed by atoms with Crippen LogP contribution in [0.15, 0.2) is 24.3 Å². The first-order valence-electron chi connectivity index (χ1n) is 6.95. The highest BCUT2D eigenvalue weighted by atomic mass is 16.5. The monoisotopic (exact) mass is 292 g/mol. The van der Waals surface area contributed by atoms with E-state index in [2.05, 4.69) is 30.8 Å². The van der Waals surface area contributed by atoms with Crippen LogP contribution in [-0.2, 0) is 9.53 Å². The van der Waals surface area contributed by atoms with E-state index in [1.54, 1.807) is 24.3 Å². The van der Waals surface area contributed by atoms with E-state index in [9.17, 15) is 9.59 Å². The lowest BCUT2D eigenvalue weighted by Crippen LogP contribution is -2.31. The summed E-state index contributed by atoms with van der Waals surface area (Å²) in [6.45, 7) is 6.26. The largest absolute Gasteiger partial charge is 0.465 e. The van der Waals surface area contributed by atoms with Crippen LogP contribution in [0.5, 0.6) is 0 Å². The highest BCUT2D eigenvalue weighted by molar-refractivity contribution is 5.94. The molecule has 1 atom stereocenters. The molecule has 0 bridgehead atoms. The van der Waals surface area contributed by atoms with E-state index in [0.29, 0.717) is 11.3 Å². The molecule has 0 fully saturated rings. The zero-order chi connectivity index (χ0) is 16.0. The van der Waals surface area contributed by atoms with Gasteiger partial charge < -0.3 is 15.8 Å². The van der Waals surface area contributed by atoms with Crippen LogP contribution in [0.1, 0.15) is 44.0 Å². The Hall–Kier alpha value is -1.88. The number of anilines is 1. The number of hydrogen-bond acceptors (Lipinski definition) is 4. The SMILES string of the molecule is COC(=O)c1cccc(NC(=O)CC(N)CC(C)(C)C)c1. The Morgan fingerprint density at radius 1 is 1.33 bits per heavy atom. The second kappa shape index (κ2) is 7.22. The van der Waals surface area contributed by atoms with Crippen molar-refractivity contribution < 1.29 is 14.3 Å². The summed E-state index contributed by atoms with van der Waals surface area (Å²) in [6.07, 6.45) is 1.02. The summed E-state index contributed by atoms with van der Waals surface area (Å²) in [7, 11) is 1.32. The zero-order valence-corrected chi connectivity index (χ0v) is 13.1. The van der Waals surface area contributed by atoms with Gasteiger partial charge in [0.25, 0.3) is 0 Å². The first-order chi connectivity index (χ1) is 9.71. The van der Waals surface area contributed by atoms with E-state index in [4.69, 9.17) is 5.73 Å². The lowest BCUT2D eigenvalue weighted by atomic mass is 9.87. The average Bonchev–Trinajstić information content (AvgIpc) is 2.35. The van der Waals surface area contributed by atoms with Gasteiger partial charge in [0.2, 0.25) is 5.91 Å². The minimum absolute atomic E-state index is 0.0878. The van der Waals surface area contributed by atoms with Crippen LogP contribution in [0.25, 0.3) is 0 Å². The molecule has 116 valence electrons. The van der Waals surface area contributed by atoms with Gasteiger partial charge in [0, 0.05) is 18.2 Å². The number of nitrogens with one attached hydrogen (secondary N) is 1. The molecule has 21 heavy (non-hydrogen) atoms. The molecular formula is C16H24N2O3. The fraction of sp³-hybridized carbons (Fsp3) is 0.500. The third kappa shape index (κ3) is 6.40. The summed E-state index contributed by atoms with van der Waals surface area (Å²) >= 11 is 0. The van der Waals surface area contributed by atoms with Gasteiger partial charge in [-0.1, -0.05) is 26.8 Å². The van der Waals surface area contributed by atoms with E-state index >= 15 is 0 Å². The van der Waals surface area contributed by atoms with E-state index in [1.807, 2.05) is 0 Å². The number of rotatable bonds is 5. The molecule has 0 aliphatic heterocycles. The molecule has 0 heterocycles.